The Labute approximate surface area is 192 Å². The summed E-state index contributed by atoms with van der Waals surface area (Å²) in [6.45, 7) is 1.65. The summed E-state index contributed by atoms with van der Waals surface area (Å²) in [4.78, 5) is 21.3. The molecule has 174 valence electrons. The van der Waals surface area contributed by atoms with Crippen LogP contribution in [0.2, 0.25) is 5.02 Å². The number of anilines is 2. The van der Waals surface area contributed by atoms with Gasteiger partial charge in [-0.05, 0) is 37.5 Å². The van der Waals surface area contributed by atoms with Gasteiger partial charge in [0.1, 0.15) is 0 Å². The van der Waals surface area contributed by atoms with E-state index in [2.05, 4.69) is 20.1 Å². The van der Waals surface area contributed by atoms with Gasteiger partial charge in [0.15, 0.2) is 5.69 Å². The van der Waals surface area contributed by atoms with Crippen LogP contribution in [-0.4, -0.2) is 45.6 Å². The van der Waals surface area contributed by atoms with Crippen molar-refractivity contribution in [3.63, 3.8) is 0 Å². The third-order valence-electron chi connectivity index (χ3n) is 6.50. The monoisotopic (exact) mass is 478 g/mol. The number of hydrogen-bond donors (Lipinski definition) is 2. The van der Waals surface area contributed by atoms with E-state index in [4.69, 9.17) is 17.3 Å². The molecule has 0 aliphatic carbocycles. The number of carbonyl (C=O) groups is 1. The average Bonchev–Trinajstić information content (AvgIpc) is 3.22. The highest BCUT2D eigenvalue weighted by atomic mass is 35.5. The quantitative estimate of drug-likeness (QED) is 0.580. The smallest absolute Gasteiger partial charge is 0.396 e. The van der Waals surface area contributed by atoms with Crippen molar-refractivity contribution in [2.24, 2.45) is 5.92 Å². The number of carbonyl (C=O) groups excluding carboxylic acids is 1. The Morgan fingerprint density at radius 2 is 1.97 bits per heavy atom. The normalized spacial score (nSPS) is 17.5. The molecule has 33 heavy (non-hydrogen) atoms. The van der Waals surface area contributed by atoms with E-state index >= 15 is 0 Å². The van der Waals surface area contributed by atoms with Crippen LogP contribution < -0.4 is 10.6 Å². The van der Waals surface area contributed by atoms with Crippen LogP contribution in [0.1, 0.15) is 29.8 Å². The van der Waals surface area contributed by atoms with Crippen LogP contribution in [0.4, 0.5) is 24.5 Å². The molecule has 0 saturated carbocycles. The molecule has 1 amide bonds. The maximum absolute atomic E-state index is 13.1. The lowest BCUT2D eigenvalue weighted by Crippen LogP contribution is -2.44. The lowest BCUT2D eigenvalue weighted by Gasteiger charge is -2.37. The van der Waals surface area contributed by atoms with Crippen LogP contribution in [0, 0.1) is 5.92 Å². The Balaban J connectivity index is 1.28. The van der Waals surface area contributed by atoms with Gasteiger partial charge in [0.25, 0.3) is 0 Å². The van der Waals surface area contributed by atoms with Crippen molar-refractivity contribution in [1.82, 2.24) is 20.1 Å². The average molecular weight is 479 g/mol. The van der Waals surface area contributed by atoms with Gasteiger partial charge in [0.2, 0.25) is 5.91 Å². The van der Waals surface area contributed by atoms with Crippen molar-refractivity contribution in [3.8, 4) is 0 Å². The Hall–Kier alpha value is -3.01. The number of aromatic amines is 1. The number of nitrogen functional groups attached to an aromatic ring is 1. The Bertz CT molecular complexity index is 1210. The van der Waals surface area contributed by atoms with E-state index in [0.29, 0.717) is 42.3 Å². The largest absolute Gasteiger partial charge is 0.435 e. The summed E-state index contributed by atoms with van der Waals surface area (Å²) in [5.74, 6) is -0.218. The van der Waals surface area contributed by atoms with Gasteiger partial charge in [-0.15, -0.1) is 0 Å². The molecule has 2 aromatic heterocycles. The van der Waals surface area contributed by atoms with Crippen molar-refractivity contribution >= 4 is 39.8 Å². The molecule has 0 atom stereocenters. The number of hydrogen-bond acceptors (Lipinski definition) is 5. The van der Waals surface area contributed by atoms with Crippen molar-refractivity contribution in [2.75, 3.05) is 30.3 Å². The van der Waals surface area contributed by atoms with Gasteiger partial charge in [0.05, 0.1) is 35.3 Å². The summed E-state index contributed by atoms with van der Waals surface area (Å²) in [6.07, 6.45) is -1.46. The minimum atomic E-state index is -4.49. The molecule has 7 nitrogen and oxygen atoms in total. The number of fused-ring (bicyclic) bond motifs is 2. The highest BCUT2D eigenvalue weighted by molar-refractivity contribution is 6.31. The van der Waals surface area contributed by atoms with Crippen LogP contribution in [0.25, 0.3) is 10.9 Å². The summed E-state index contributed by atoms with van der Waals surface area (Å²) < 4.78 is 39.3. The first-order valence-corrected chi connectivity index (χ1v) is 11.1. The molecule has 0 bridgehead atoms. The van der Waals surface area contributed by atoms with E-state index in [1.807, 2.05) is 12.1 Å². The van der Waals surface area contributed by atoms with Crippen molar-refractivity contribution in [1.29, 1.82) is 0 Å². The van der Waals surface area contributed by atoms with Gasteiger partial charge in [-0.2, -0.15) is 18.3 Å². The van der Waals surface area contributed by atoms with Crippen LogP contribution >= 0.6 is 11.6 Å². The first-order valence-electron chi connectivity index (χ1n) is 10.7. The number of nitrogens with zero attached hydrogens (tertiary/aromatic N) is 4. The fourth-order valence-corrected chi connectivity index (χ4v) is 5.04. The third-order valence-corrected chi connectivity index (χ3v) is 6.74. The molecule has 3 N–H and O–H groups in total. The fourth-order valence-electron chi connectivity index (χ4n) is 4.87. The SMILES string of the molecule is Nc1cnc2ccc(Cl)cc2c1N1CCC(C(=O)N2CCc3c(C(F)(F)F)n[nH]c3C2)CC1. The topological polar surface area (TPSA) is 91.1 Å². The summed E-state index contributed by atoms with van der Waals surface area (Å²) in [5, 5.41) is 7.38. The van der Waals surface area contributed by atoms with Gasteiger partial charge < -0.3 is 15.5 Å². The highest BCUT2D eigenvalue weighted by Crippen LogP contribution is 2.37. The summed E-state index contributed by atoms with van der Waals surface area (Å²) in [7, 11) is 0. The lowest BCUT2D eigenvalue weighted by atomic mass is 9.93. The molecule has 2 aliphatic rings. The van der Waals surface area contributed by atoms with E-state index in [1.165, 1.54) is 0 Å². The van der Waals surface area contributed by atoms with E-state index in [1.54, 1.807) is 17.2 Å². The number of nitrogens with one attached hydrogen (secondary N) is 1. The first-order chi connectivity index (χ1) is 15.7. The number of aromatic nitrogens is 3. The van der Waals surface area contributed by atoms with Crippen LogP contribution in [-0.2, 0) is 23.9 Å². The van der Waals surface area contributed by atoms with Gasteiger partial charge in [0, 0.05) is 41.5 Å². The minimum Gasteiger partial charge on any atom is -0.396 e. The molecule has 0 radical (unpaired) electrons. The molecule has 0 spiro atoms. The zero-order chi connectivity index (χ0) is 23.3. The molecule has 3 aromatic rings. The van der Waals surface area contributed by atoms with Crippen molar-refractivity contribution in [3.05, 3.63) is 46.4 Å². The molecule has 11 heteroatoms. The van der Waals surface area contributed by atoms with E-state index in [0.717, 1.165) is 16.6 Å². The molecular formula is C22H22ClF3N6O. The lowest BCUT2D eigenvalue weighted by molar-refractivity contribution is -0.142. The highest BCUT2D eigenvalue weighted by Gasteiger charge is 2.40. The second-order valence-electron chi connectivity index (χ2n) is 8.52. The zero-order valence-electron chi connectivity index (χ0n) is 17.6. The number of H-pyrrole nitrogens is 1. The standard InChI is InChI=1S/C22H22ClF3N6O/c23-13-1-2-17-15(9-13)19(16(27)10-28-17)31-6-3-12(4-7-31)21(33)32-8-5-14-18(11-32)29-30-20(14)22(24,25)26/h1-2,9-10,12H,3-8,11,27H2,(H,29,30). The zero-order valence-corrected chi connectivity index (χ0v) is 18.4. The number of nitrogens with two attached hydrogens (primary N) is 1. The molecule has 0 unspecified atom stereocenters. The van der Waals surface area contributed by atoms with Gasteiger partial charge in [-0.1, -0.05) is 11.6 Å². The summed E-state index contributed by atoms with van der Waals surface area (Å²) in [5.41, 5.74) is 8.12. The van der Waals surface area contributed by atoms with Crippen molar-refractivity contribution in [2.45, 2.75) is 32.0 Å². The van der Waals surface area contributed by atoms with Crippen LogP contribution in [0.3, 0.4) is 0 Å². The van der Waals surface area contributed by atoms with E-state index in [-0.39, 0.29) is 36.9 Å². The molecule has 1 saturated heterocycles. The van der Waals surface area contributed by atoms with Gasteiger partial charge in [-0.3, -0.25) is 14.9 Å². The third kappa shape index (κ3) is 3.96. The van der Waals surface area contributed by atoms with E-state index in [9.17, 15) is 18.0 Å². The Kier molecular flexibility index (Phi) is 5.35. The second kappa shape index (κ2) is 8.09. The first kappa shape index (κ1) is 21.8. The molecular weight excluding hydrogens is 457 g/mol. The molecule has 1 aromatic carbocycles. The number of benzene rings is 1. The number of pyridine rings is 1. The molecule has 5 rings (SSSR count). The fraction of sp³-hybridized carbons (Fsp3) is 0.409. The van der Waals surface area contributed by atoms with Gasteiger partial charge in [-0.25, -0.2) is 0 Å². The van der Waals surface area contributed by atoms with Crippen LogP contribution in [0.5, 0.6) is 0 Å². The predicted octanol–water partition coefficient (Wildman–Crippen LogP) is 4.01. The maximum atomic E-state index is 13.1. The molecule has 4 heterocycles. The predicted molar refractivity (Wildman–Crippen MR) is 119 cm³/mol. The van der Waals surface area contributed by atoms with Gasteiger partial charge >= 0.3 is 6.18 Å². The number of halogens is 4. The molecule has 1 fully saturated rings. The second-order valence-corrected chi connectivity index (χ2v) is 8.96. The maximum Gasteiger partial charge on any atom is 0.435 e. The summed E-state index contributed by atoms with van der Waals surface area (Å²) in [6, 6.07) is 5.47. The summed E-state index contributed by atoms with van der Waals surface area (Å²) >= 11 is 6.19. The Morgan fingerprint density at radius 1 is 1.21 bits per heavy atom. The number of amides is 1. The van der Waals surface area contributed by atoms with Crippen LogP contribution in [0.15, 0.2) is 24.4 Å². The van der Waals surface area contributed by atoms with E-state index < -0.39 is 11.9 Å². The van der Waals surface area contributed by atoms with Crippen molar-refractivity contribution < 1.29 is 18.0 Å². The molecule has 2 aliphatic heterocycles. The number of alkyl halides is 3. The Morgan fingerprint density at radius 3 is 2.70 bits per heavy atom. The number of piperidine rings is 1. The number of rotatable bonds is 2. The minimum absolute atomic E-state index is 0.0286.